The lowest BCUT2D eigenvalue weighted by atomic mass is 9.81. The first-order chi connectivity index (χ1) is 15.4. The molecule has 32 heavy (non-hydrogen) atoms. The molecule has 2 aliphatic heterocycles. The van der Waals surface area contributed by atoms with Crippen molar-refractivity contribution in [3.63, 3.8) is 0 Å². The average Bonchev–Trinajstić information content (AvgIpc) is 2.79. The summed E-state index contributed by atoms with van der Waals surface area (Å²) in [6, 6.07) is 23.8. The van der Waals surface area contributed by atoms with Crippen LogP contribution in [-0.4, -0.2) is 37.2 Å². The third-order valence-corrected chi connectivity index (χ3v) is 7.49. The van der Waals surface area contributed by atoms with E-state index < -0.39 is 15.8 Å². The van der Waals surface area contributed by atoms with Crippen LogP contribution in [0.1, 0.15) is 29.6 Å². The molecule has 5 rings (SSSR count). The molecule has 7 heteroatoms. The summed E-state index contributed by atoms with van der Waals surface area (Å²) in [4.78, 5) is 13.2. The monoisotopic (exact) mass is 448 g/mol. The molecule has 0 aliphatic carbocycles. The number of ketones is 1. The number of piperidine rings is 1. The van der Waals surface area contributed by atoms with Gasteiger partial charge in [-0.3, -0.25) is 4.79 Å². The van der Waals surface area contributed by atoms with Crippen molar-refractivity contribution >= 4 is 16.0 Å². The second kappa shape index (κ2) is 7.85. The van der Waals surface area contributed by atoms with Crippen LogP contribution in [0.2, 0.25) is 0 Å². The molecule has 2 heterocycles. The number of Topliss-reactive ketones (excluding diaryl/α,β-unsaturated/α-hetero) is 1. The van der Waals surface area contributed by atoms with Crippen LogP contribution >= 0.6 is 0 Å². The molecule has 3 aromatic carbocycles. The molecule has 0 amide bonds. The predicted molar refractivity (Wildman–Crippen MR) is 124 cm³/mol. The van der Waals surface area contributed by atoms with Crippen LogP contribution in [0.25, 0.3) is 22.3 Å². The van der Waals surface area contributed by atoms with Crippen LogP contribution in [0.3, 0.4) is 0 Å². The van der Waals surface area contributed by atoms with Gasteiger partial charge in [0.05, 0.1) is 12.0 Å². The van der Waals surface area contributed by atoms with Crippen LogP contribution in [-0.2, 0) is 10.2 Å². The molecular formula is C25H24N2O4S. The van der Waals surface area contributed by atoms with E-state index in [4.69, 9.17) is 9.88 Å². The van der Waals surface area contributed by atoms with Crippen molar-refractivity contribution in [2.45, 2.75) is 24.9 Å². The van der Waals surface area contributed by atoms with Gasteiger partial charge in [-0.2, -0.15) is 12.7 Å². The number of nitrogens with zero attached hydrogens (tertiary/aromatic N) is 1. The van der Waals surface area contributed by atoms with E-state index in [0.717, 1.165) is 22.3 Å². The fourth-order valence-electron chi connectivity index (χ4n) is 4.73. The highest BCUT2D eigenvalue weighted by molar-refractivity contribution is 7.86. The van der Waals surface area contributed by atoms with Gasteiger partial charge in [0.2, 0.25) is 0 Å². The van der Waals surface area contributed by atoms with E-state index in [-0.39, 0.29) is 25.3 Å². The van der Waals surface area contributed by atoms with E-state index in [2.05, 4.69) is 0 Å². The molecule has 1 saturated heterocycles. The van der Waals surface area contributed by atoms with Crippen LogP contribution in [0.5, 0.6) is 5.75 Å². The second-order valence-electron chi connectivity index (χ2n) is 8.43. The molecule has 0 radical (unpaired) electrons. The lowest BCUT2D eigenvalue weighted by molar-refractivity contribution is 0.00642. The lowest BCUT2D eigenvalue weighted by Gasteiger charge is -2.43. The molecule has 1 spiro atoms. The maximum absolute atomic E-state index is 13.2. The summed E-state index contributed by atoms with van der Waals surface area (Å²) in [7, 11) is -3.76. The summed E-state index contributed by atoms with van der Waals surface area (Å²) in [5, 5.41) is 5.31. The Morgan fingerprint density at radius 1 is 0.812 bits per heavy atom. The molecule has 0 unspecified atom stereocenters. The third-order valence-electron chi connectivity index (χ3n) is 6.40. The predicted octanol–water partition coefficient (Wildman–Crippen LogP) is 4.02. The largest absolute Gasteiger partial charge is 0.485 e. The van der Waals surface area contributed by atoms with Crippen LogP contribution in [0, 0.1) is 0 Å². The van der Waals surface area contributed by atoms with Gasteiger partial charge in [0.25, 0.3) is 10.2 Å². The van der Waals surface area contributed by atoms with Gasteiger partial charge in [0.1, 0.15) is 11.4 Å². The Morgan fingerprint density at radius 2 is 1.38 bits per heavy atom. The quantitative estimate of drug-likeness (QED) is 0.655. The number of fused-ring (bicyclic) bond motifs is 1. The van der Waals surface area contributed by atoms with Crippen molar-refractivity contribution in [2.75, 3.05) is 13.1 Å². The first kappa shape index (κ1) is 20.9. The molecule has 0 saturated carbocycles. The minimum absolute atomic E-state index is 0.0205. The van der Waals surface area contributed by atoms with E-state index in [1.807, 2.05) is 72.8 Å². The maximum Gasteiger partial charge on any atom is 0.276 e. The van der Waals surface area contributed by atoms with Gasteiger partial charge in [-0.1, -0.05) is 66.7 Å². The topological polar surface area (TPSA) is 89.7 Å². The van der Waals surface area contributed by atoms with Gasteiger partial charge < -0.3 is 4.74 Å². The van der Waals surface area contributed by atoms with Gasteiger partial charge in [-0.15, -0.1) is 0 Å². The van der Waals surface area contributed by atoms with Gasteiger partial charge in [-0.05, 0) is 22.8 Å². The number of hydrogen-bond acceptors (Lipinski definition) is 4. The Balaban J connectivity index is 1.63. The maximum atomic E-state index is 13.2. The van der Waals surface area contributed by atoms with Crippen LogP contribution < -0.4 is 9.88 Å². The second-order valence-corrected chi connectivity index (χ2v) is 9.97. The molecule has 1 fully saturated rings. The van der Waals surface area contributed by atoms with Gasteiger partial charge in [-0.25, -0.2) is 5.14 Å². The van der Waals surface area contributed by atoms with Crippen LogP contribution in [0.15, 0.2) is 72.8 Å². The van der Waals surface area contributed by atoms with Crippen molar-refractivity contribution in [3.8, 4) is 28.0 Å². The Morgan fingerprint density at radius 3 is 1.97 bits per heavy atom. The van der Waals surface area contributed by atoms with E-state index in [1.54, 1.807) is 0 Å². The molecule has 2 aliphatic rings. The Hall–Kier alpha value is -3.00. The van der Waals surface area contributed by atoms with Crippen molar-refractivity contribution in [1.82, 2.24) is 4.31 Å². The Kier molecular flexibility index (Phi) is 5.12. The highest BCUT2D eigenvalue weighted by Crippen LogP contribution is 2.48. The SMILES string of the molecule is NS(=O)(=O)N1CCC2(CC1)CC(=O)c1ccc(-c3ccccc3)c(-c3ccccc3)c1O2. The van der Waals surface area contributed by atoms with Gasteiger partial charge in [0.15, 0.2) is 5.78 Å². The molecule has 2 N–H and O–H groups in total. The third kappa shape index (κ3) is 3.72. The highest BCUT2D eigenvalue weighted by Gasteiger charge is 2.45. The number of ether oxygens (including phenoxy) is 1. The summed E-state index contributed by atoms with van der Waals surface area (Å²) in [6.07, 6.45) is 1.06. The first-order valence-corrected chi connectivity index (χ1v) is 12.1. The number of carbonyl (C=O) groups is 1. The zero-order chi connectivity index (χ0) is 22.3. The van der Waals surface area contributed by atoms with Crippen molar-refractivity contribution < 1.29 is 17.9 Å². The molecule has 0 atom stereocenters. The van der Waals surface area contributed by atoms with Gasteiger partial charge >= 0.3 is 0 Å². The fourth-order valence-corrected chi connectivity index (χ4v) is 5.42. The fraction of sp³-hybridized carbons (Fsp3) is 0.240. The Labute approximate surface area is 187 Å². The molecule has 3 aromatic rings. The zero-order valence-corrected chi connectivity index (χ0v) is 18.3. The lowest BCUT2D eigenvalue weighted by Crippen LogP contribution is -2.53. The minimum Gasteiger partial charge on any atom is -0.485 e. The number of rotatable bonds is 3. The number of benzene rings is 3. The van der Waals surface area contributed by atoms with Crippen molar-refractivity contribution in [2.24, 2.45) is 5.14 Å². The summed E-state index contributed by atoms with van der Waals surface area (Å²) < 4.78 is 31.4. The van der Waals surface area contributed by atoms with Crippen molar-refractivity contribution in [1.29, 1.82) is 0 Å². The first-order valence-electron chi connectivity index (χ1n) is 10.6. The van der Waals surface area contributed by atoms with E-state index >= 15 is 0 Å². The summed E-state index contributed by atoms with van der Waals surface area (Å²) in [6.45, 7) is 0.473. The number of nitrogens with two attached hydrogens (primary N) is 1. The molecular weight excluding hydrogens is 424 g/mol. The summed E-state index contributed by atoms with van der Waals surface area (Å²) in [5.41, 5.74) is 3.72. The molecule has 164 valence electrons. The van der Waals surface area contributed by atoms with E-state index in [1.165, 1.54) is 4.31 Å². The average molecular weight is 449 g/mol. The van der Waals surface area contributed by atoms with Crippen LogP contribution in [0.4, 0.5) is 0 Å². The molecule has 6 nitrogen and oxygen atoms in total. The standard InChI is InChI=1S/C25H24N2O4S/c26-32(29,30)27-15-13-25(14-16-27)17-22(28)21-12-11-20(18-7-3-1-4-8-18)23(24(21)31-25)19-9-5-2-6-10-19/h1-12H,13-17H2,(H2,26,29,30). The summed E-state index contributed by atoms with van der Waals surface area (Å²) >= 11 is 0. The number of hydrogen-bond donors (Lipinski definition) is 1. The van der Waals surface area contributed by atoms with Crippen molar-refractivity contribution in [3.05, 3.63) is 78.4 Å². The zero-order valence-electron chi connectivity index (χ0n) is 17.5. The Bertz CT molecular complexity index is 1270. The normalized spacial score (nSPS) is 18.2. The molecule has 0 bridgehead atoms. The van der Waals surface area contributed by atoms with E-state index in [9.17, 15) is 13.2 Å². The number of carbonyl (C=O) groups excluding carboxylic acids is 1. The summed E-state index contributed by atoms with van der Waals surface area (Å²) in [5.74, 6) is 0.602. The molecule has 0 aromatic heterocycles. The van der Waals surface area contributed by atoms with Gasteiger partial charge in [0, 0.05) is 31.5 Å². The smallest absolute Gasteiger partial charge is 0.276 e. The van der Waals surface area contributed by atoms with E-state index in [0.29, 0.717) is 24.2 Å². The highest BCUT2D eigenvalue weighted by atomic mass is 32.2. The minimum atomic E-state index is -3.76.